The molecule has 20 nitrogen and oxygen atoms in total. The molecule has 0 amide bonds. The second kappa shape index (κ2) is 14.1. The molecule has 40 heavy (non-hydrogen) atoms. The molecule has 1 aliphatic rings. The van der Waals surface area contributed by atoms with Crippen molar-refractivity contribution in [2.75, 3.05) is 18.9 Å². The Labute approximate surface area is 246 Å². The van der Waals surface area contributed by atoms with Gasteiger partial charge in [0.2, 0.25) is 0 Å². The predicted octanol–water partition coefficient (Wildman–Crippen LogP) is -3.25. The minimum Gasteiger partial charge on any atom is -0.452 e. The van der Waals surface area contributed by atoms with E-state index >= 15 is 0 Å². The molecule has 0 bridgehead atoms. The quantitative estimate of drug-likeness (QED) is 0.0498. The molecule has 1 fully saturated rings. The van der Waals surface area contributed by atoms with E-state index < -0.39 is 77.7 Å². The fourth-order valence-corrected chi connectivity index (χ4v) is 5.45. The molecule has 0 spiro atoms. The summed E-state index contributed by atoms with van der Waals surface area (Å²) in [6.45, 7) is -1.23. The maximum Gasteiger partial charge on any atom is 0.481 e. The largest absolute Gasteiger partial charge is 0.481 e. The van der Waals surface area contributed by atoms with E-state index in [-0.39, 0.29) is 52.8 Å². The van der Waals surface area contributed by atoms with E-state index in [1.165, 1.54) is 10.9 Å². The Hall–Kier alpha value is -1.45. The number of nitrogens with zero attached hydrogens (tertiary/aromatic N) is 4. The van der Waals surface area contributed by atoms with Gasteiger partial charge in [-0.25, -0.2) is 24.1 Å². The average Bonchev–Trinajstić information content (AvgIpc) is 3.40. The van der Waals surface area contributed by atoms with Crippen LogP contribution in [0.25, 0.3) is 11.2 Å². The first-order valence-corrected chi connectivity index (χ1v) is 13.7. The van der Waals surface area contributed by atoms with Gasteiger partial charge in [0.25, 0.3) is 0 Å². The Morgan fingerprint density at radius 1 is 1.18 bits per heavy atom. The molecule has 23 heteroatoms. The van der Waals surface area contributed by atoms with Crippen LogP contribution in [-0.4, -0.2) is 141 Å². The second-order valence-corrected chi connectivity index (χ2v) is 11.1. The minimum atomic E-state index is -5.44. The summed E-state index contributed by atoms with van der Waals surface area (Å²) in [5, 5.41) is 40.3. The van der Waals surface area contributed by atoms with Gasteiger partial charge in [0.1, 0.15) is 42.4 Å². The first kappa shape index (κ1) is 34.7. The number of carbonyl (C=O) groups is 2. The van der Waals surface area contributed by atoms with Gasteiger partial charge in [-0.15, -0.1) is 0 Å². The molecule has 0 aliphatic carbocycles. The number of hydrogen-bond donors (Lipinski definition) is 7. The van der Waals surface area contributed by atoms with Crippen molar-refractivity contribution in [3.8, 4) is 0 Å². The van der Waals surface area contributed by atoms with Crippen molar-refractivity contribution in [1.29, 1.82) is 0 Å². The summed E-state index contributed by atoms with van der Waals surface area (Å²) in [5.41, 5.74) is 6.04. The van der Waals surface area contributed by atoms with Crippen molar-refractivity contribution >= 4 is 74.4 Å². The maximum atomic E-state index is 12.2. The summed E-state index contributed by atoms with van der Waals surface area (Å²) in [4.78, 5) is 53.1. The molecule has 2 aromatic rings. The molecule has 8 N–H and O–H groups in total. The molecule has 1 radical (unpaired) electrons. The van der Waals surface area contributed by atoms with Crippen LogP contribution in [0.15, 0.2) is 12.7 Å². The number of rotatable bonds is 13. The van der Waals surface area contributed by atoms with Crippen molar-refractivity contribution < 1.29 is 71.8 Å². The van der Waals surface area contributed by atoms with E-state index in [2.05, 4.69) is 33.0 Å². The SMILES string of the molecule is CC(=O)O[C@@H](C=O)[C@H](O)[C@H](O)COP(=O)(O)OP(=O)(O)OC[C@H]1O[C@@H](n2cnc3c(N)ncnc32)[C@H](O)[C@@H]1O.[Na]. The smallest absolute Gasteiger partial charge is 0.452 e. The molecule has 3 rings (SSSR count). The number of nitrogen functional groups attached to an aromatic ring is 1. The van der Waals surface area contributed by atoms with E-state index in [0.717, 1.165) is 13.3 Å². The number of aliphatic hydroxyl groups is 4. The molecule has 9 atom stereocenters. The van der Waals surface area contributed by atoms with Crippen LogP contribution in [0, 0.1) is 0 Å². The van der Waals surface area contributed by atoms with Gasteiger partial charge in [0.05, 0.1) is 19.5 Å². The summed E-state index contributed by atoms with van der Waals surface area (Å²) in [6, 6.07) is 0. The Kier molecular flexibility index (Phi) is 12.3. The van der Waals surface area contributed by atoms with Crippen LogP contribution < -0.4 is 5.73 Å². The van der Waals surface area contributed by atoms with Crippen LogP contribution in [-0.2, 0) is 41.6 Å². The molecule has 0 saturated carbocycles. The molecule has 1 saturated heterocycles. The fourth-order valence-electron chi connectivity index (χ4n) is 3.36. The van der Waals surface area contributed by atoms with Gasteiger partial charge in [-0.2, -0.15) is 4.31 Å². The number of carbonyl (C=O) groups excluding carboxylic acids is 2. The number of aromatic nitrogens is 4. The van der Waals surface area contributed by atoms with Crippen LogP contribution >= 0.6 is 15.6 Å². The van der Waals surface area contributed by atoms with Gasteiger partial charge in [0, 0.05) is 36.5 Å². The van der Waals surface area contributed by atoms with Gasteiger partial charge < -0.3 is 45.4 Å². The summed E-state index contributed by atoms with van der Waals surface area (Å²) in [7, 11) is -10.8. The number of aldehydes is 1. The predicted molar refractivity (Wildman–Crippen MR) is 128 cm³/mol. The van der Waals surface area contributed by atoms with Gasteiger partial charge in [-0.3, -0.25) is 23.2 Å². The van der Waals surface area contributed by atoms with E-state index in [0.29, 0.717) is 0 Å². The Morgan fingerprint density at radius 2 is 1.82 bits per heavy atom. The number of aliphatic hydroxyl groups excluding tert-OH is 4. The molecule has 219 valence electrons. The van der Waals surface area contributed by atoms with Crippen molar-refractivity contribution in [3.63, 3.8) is 0 Å². The van der Waals surface area contributed by atoms with Crippen LogP contribution in [0.5, 0.6) is 0 Å². The number of fused-ring (bicyclic) bond motifs is 1. The number of phosphoric ester groups is 2. The molecule has 0 aromatic carbocycles. The first-order valence-electron chi connectivity index (χ1n) is 10.7. The third-order valence-electron chi connectivity index (χ3n) is 5.18. The Bertz CT molecular complexity index is 1290. The Balaban J connectivity index is 0.00000560. The van der Waals surface area contributed by atoms with Crippen LogP contribution in [0.1, 0.15) is 13.2 Å². The van der Waals surface area contributed by atoms with E-state index in [4.69, 9.17) is 10.5 Å². The minimum absolute atomic E-state index is 0. The Morgan fingerprint density at radius 3 is 2.45 bits per heavy atom. The van der Waals surface area contributed by atoms with Gasteiger partial charge in [-0.05, 0) is 0 Å². The third-order valence-corrected chi connectivity index (χ3v) is 7.78. The van der Waals surface area contributed by atoms with Crippen LogP contribution in [0.3, 0.4) is 0 Å². The van der Waals surface area contributed by atoms with Crippen LogP contribution in [0.2, 0.25) is 0 Å². The summed E-state index contributed by atoms with van der Waals surface area (Å²) in [5.74, 6) is -0.934. The number of hydrogen-bond acceptors (Lipinski definition) is 17. The number of imidazole rings is 1. The van der Waals surface area contributed by atoms with Gasteiger partial charge >= 0.3 is 21.6 Å². The zero-order chi connectivity index (χ0) is 29.1. The zero-order valence-electron chi connectivity index (χ0n) is 20.8. The van der Waals surface area contributed by atoms with Gasteiger partial charge in [-0.1, -0.05) is 0 Å². The van der Waals surface area contributed by atoms with Crippen LogP contribution in [0.4, 0.5) is 5.82 Å². The average molecular weight is 624 g/mol. The van der Waals surface area contributed by atoms with E-state index in [1.807, 2.05) is 0 Å². The number of nitrogens with two attached hydrogens (primary N) is 1. The normalized spacial score (nSPS) is 26.2. The second-order valence-electron chi connectivity index (χ2n) is 8.01. The number of anilines is 1. The fraction of sp³-hybridized carbons (Fsp3) is 0.588. The summed E-state index contributed by atoms with van der Waals surface area (Å²) in [6.07, 6.45) is -9.72. The molecule has 3 heterocycles. The molecular weight excluding hydrogens is 599 g/mol. The van der Waals surface area contributed by atoms with Crippen molar-refractivity contribution in [1.82, 2.24) is 19.5 Å². The number of esters is 1. The number of phosphoric acid groups is 2. The van der Waals surface area contributed by atoms with Crippen molar-refractivity contribution in [2.24, 2.45) is 0 Å². The monoisotopic (exact) mass is 624 g/mol. The molecule has 2 unspecified atom stereocenters. The first-order chi connectivity index (χ1) is 18.2. The van der Waals surface area contributed by atoms with Crippen molar-refractivity contribution in [2.45, 2.75) is 49.8 Å². The molecule has 2 aromatic heterocycles. The van der Waals surface area contributed by atoms with Crippen molar-refractivity contribution in [3.05, 3.63) is 12.7 Å². The maximum absolute atomic E-state index is 12.2. The van der Waals surface area contributed by atoms with E-state index in [1.54, 1.807) is 0 Å². The summed E-state index contributed by atoms with van der Waals surface area (Å²) < 4.78 is 48.4. The topological polar surface area (TPSA) is 305 Å². The molecular formula is C17H25N5NaO15P2. The van der Waals surface area contributed by atoms with E-state index in [9.17, 15) is 48.9 Å². The number of ether oxygens (including phenoxy) is 2. The zero-order valence-corrected chi connectivity index (χ0v) is 24.6. The summed E-state index contributed by atoms with van der Waals surface area (Å²) >= 11 is 0. The molecule has 1 aliphatic heterocycles. The van der Waals surface area contributed by atoms with Gasteiger partial charge in [0.15, 0.2) is 30.1 Å². The third kappa shape index (κ3) is 8.54. The standard InChI is InChI=1S/C17H25N5O15P2.Na/c1-7(24)35-9(2-23)12(26)8(25)3-33-38(29,30)37-39(31,32)34-4-10-13(27)14(28)17(36-10)22-6-21-11-15(18)19-5-20-16(11)22;/h2,5-6,8-10,12-14,17,25-28H,3-4H2,1H3,(H,29,30)(H,31,32)(H2,18,19,20);/t8-,9+,10-,12-,13-,14-,17-;/m1./s1.